The Morgan fingerprint density at radius 2 is 1.88 bits per heavy atom. The average Bonchev–Trinajstić information content (AvgIpc) is 2.98. The number of halogens is 1. The van der Waals surface area contributed by atoms with Gasteiger partial charge in [-0.25, -0.2) is 9.45 Å². The van der Waals surface area contributed by atoms with E-state index in [2.05, 4.69) is 4.98 Å². The van der Waals surface area contributed by atoms with Gasteiger partial charge in [-0.15, -0.1) is 0 Å². The number of hydrogen-bond donors (Lipinski definition) is 1. The van der Waals surface area contributed by atoms with Crippen molar-refractivity contribution in [1.82, 2.24) is 10.0 Å². The molecule has 124 valence electrons. The zero-order chi connectivity index (χ0) is 17.1. The maximum absolute atomic E-state index is 13.2. The van der Waals surface area contributed by atoms with Gasteiger partial charge in [0, 0.05) is 30.1 Å². The Hall–Kier alpha value is -2.66. The van der Waals surface area contributed by atoms with Gasteiger partial charge >= 0.3 is 0 Å². The van der Waals surface area contributed by atoms with Crippen molar-refractivity contribution in [2.75, 3.05) is 14.2 Å². The van der Waals surface area contributed by atoms with Crippen LogP contribution in [0.25, 0.3) is 22.2 Å². The summed E-state index contributed by atoms with van der Waals surface area (Å²) in [7, 11) is 3.06. The van der Waals surface area contributed by atoms with E-state index in [4.69, 9.17) is 4.84 Å². The molecule has 1 amide bonds. The monoisotopic (exact) mass is 326 g/mol. The second-order valence-corrected chi connectivity index (χ2v) is 5.60. The van der Waals surface area contributed by atoms with Crippen LogP contribution in [0.5, 0.6) is 0 Å². The van der Waals surface area contributed by atoms with Crippen LogP contribution in [0.1, 0.15) is 12.0 Å². The number of nitrogens with one attached hydrogen (secondary N) is 1. The summed E-state index contributed by atoms with van der Waals surface area (Å²) in [5.41, 5.74) is 3.87. The van der Waals surface area contributed by atoms with Crippen LogP contribution < -0.4 is 0 Å². The summed E-state index contributed by atoms with van der Waals surface area (Å²) in [6.07, 6.45) is 0.906. The standard InChI is InChI=1S/C19H19FN2O2/c1-22(24-2)18(23)12-11-16-15-5-3-4-6-17(15)21-19(16)13-7-9-14(20)10-8-13/h3-10,21H,11-12H2,1-2H3. The van der Waals surface area contributed by atoms with Crippen molar-refractivity contribution in [3.63, 3.8) is 0 Å². The lowest BCUT2D eigenvalue weighted by molar-refractivity contribution is -0.168. The first-order chi connectivity index (χ1) is 11.6. The molecule has 0 saturated heterocycles. The molecule has 0 fully saturated rings. The third-order valence-corrected chi connectivity index (χ3v) is 4.16. The lowest BCUT2D eigenvalue weighted by Gasteiger charge is -2.13. The SMILES string of the molecule is CON(C)C(=O)CCc1c(-c2ccc(F)cc2)[nH]c2ccccc12. The molecule has 0 atom stereocenters. The molecule has 1 N–H and O–H groups in total. The Bertz CT molecular complexity index is 855. The fraction of sp³-hybridized carbons (Fsp3) is 0.211. The minimum absolute atomic E-state index is 0.0900. The largest absolute Gasteiger partial charge is 0.354 e. The first-order valence-electron chi connectivity index (χ1n) is 7.76. The number of carbonyl (C=O) groups is 1. The summed E-state index contributed by atoms with van der Waals surface area (Å²) in [5, 5.41) is 2.30. The van der Waals surface area contributed by atoms with Gasteiger partial charge in [0.05, 0.1) is 7.11 Å². The highest BCUT2D eigenvalue weighted by Gasteiger charge is 2.16. The number of H-pyrrole nitrogens is 1. The van der Waals surface area contributed by atoms with Crippen LogP contribution in [0.2, 0.25) is 0 Å². The van der Waals surface area contributed by atoms with Crippen molar-refractivity contribution in [2.24, 2.45) is 0 Å². The first-order valence-corrected chi connectivity index (χ1v) is 7.76. The third-order valence-electron chi connectivity index (χ3n) is 4.16. The van der Waals surface area contributed by atoms with Gasteiger partial charge < -0.3 is 4.98 Å². The molecule has 3 aromatic rings. The molecular formula is C19H19FN2O2. The highest BCUT2D eigenvalue weighted by molar-refractivity contribution is 5.91. The van der Waals surface area contributed by atoms with Gasteiger partial charge in [-0.1, -0.05) is 18.2 Å². The second-order valence-electron chi connectivity index (χ2n) is 5.60. The molecule has 0 aliphatic rings. The fourth-order valence-corrected chi connectivity index (χ4v) is 2.81. The number of carbonyl (C=O) groups excluding carboxylic acids is 1. The van der Waals surface area contributed by atoms with Crippen LogP contribution in [0, 0.1) is 5.82 Å². The number of aromatic nitrogens is 1. The molecule has 0 radical (unpaired) electrons. The van der Waals surface area contributed by atoms with E-state index in [1.807, 2.05) is 24.3 Å². The molecular weight excluding hydrogens is 307 g/mol. The zero-order valence-corrected chi connectivity index (χ0v) is 13.7. The number of para-hydroxylation sites is 1. The molecule has 0 spiro atoms. The van der Waals surface area contributed by atoms with Crippen molar-refractivity contribution in [1.29, 1.82) is 0 Å². The van der Waals surface area contributed by atoms with Gasteiger partial charge in [-0.2, -0.15) is 0 Å². The Kier molecular flexibility index (Phi) is 4.62. The second kappa shape index (κ2) is 6.84. The van der Waals surface area contributed by atoms with Gasteiger partial charge in [-0.3, -0.25) is 9.63 Å². The zero-order valence-electron chi connectivity index (χ0n) is 13.7. The quantitative estimate of drug-likeness (QED) is 0.722. The van der Waals surface area contributed by atoms with E-state index < -0.39 is 0 Å². The maximum Gasteiger partial charge on any atom is 0.246 e. The van der Waals surface area contributed by atoms with Crippen LogP contribution in [-0.4, -0.2) is 30.1 Å². The predicted octanol–water partition coefficient (Wildman–Crippen LogP) is 3.93. The number of hydrogen-bond acceptors (Lipinski definition) is 2. The fourth-order valence-electron chi connectivity index (χ4n) is 2.81. The van der Waals surface area contributed by atoms with Crippen molar-refractivity contribution in [3.05, 3.63) is 59.9 Å². The highest BCUT2D eigenvalue weighted by atomic mass is 19.1. The number of nitrogens with zero attached hydrogens (tertiary/aromatic N) is 1. The van der Waals surface area contributed by atoms with Crippen molar-refractivity contribution < 1.29 is 14.0 Å². The number of aromatic amines is 1. The van der Waals surface area contributed by atoms with Gasteiger partial charge in [0.15, 0.2) is 0 Å². The number of benzene rings is 2. The Morgan fingerprint density at radius 3 is 2.58 bits per heavy atom. The Morgan fingerprint density at radius 1 is 1.17 bits per heavy atom. The molecule has 0 aliphatic heterocycles. The summed E-state index contributed by atoms with van der Waals surface area (Å²) in [6, 6.07) is 14.3. The maximum atomic E-state index is 13.2. The Balaban J connectivity index is 1.99. The molecule has 2 aromatic carbocycles. The summed E-state index contributed by atoms with van der Waals surface area (Å²) >= 11 is 0. The van der Waals surface area contributed by atoms with Crippen LogP contribution in [-0.2, 0) is 16.1 Å². The topological polar surface area (TPSA) is 45.3 Å². The molecule has 1 aromatic heterocycles. The van der Waals surface area contributed by atoms with Crippen molar-refractivity contribution in [3.8, 4) is 11.3 Å². The summed E-state index contributed by atoms with van der Waals surface area (Å²) < 4.78 is 13.2. The van der Waals surface area contributed by atoms with Crippen LogP contribution in [0.3, 0.4) is 0 Å². The summed E-state index contributed by atoms with van der Waals surface area (Å²) in [5.74, 6) is -0.360. The summed E-state index contributed by atoms with van der Waals surface area (Å²) in [6.45, 7) is 0. The van der Waals surface area contributed by atoms with Gasteiger partial charge in [0.1, 0.15) is 5.82 Å². The molecule has 5 heteroatoms. The molecule has 0 bridgehead atoms. The number of amides is 1. The lowest BCUT2D eigenvalue weighted by Crippen LogP contribution is -2.25. The van der Waals surface area contributed by atoms with Gasteiger partial charge in [0.25, 0.3) is 0 Å². The predicted molar refractivity (Wildman–Crippen MR) is 91.8 cm³/mol. The molecule has 0 aliphatic carbocycles. The van der Waals surface area contributed by atoms with E-state index in [1.54, 1.807) is 19.2 Å². The molecule has 0 unspecified atom stereocenters. The van der Waals surface area contributed by atoms with Gasteiger partial charge in [-0.05, 0) is 47.9 Å². The molecule has 3 rings (SSSR count). The van der Waals surface area contributed by atoms with Crippen LogP contribution in [0.4, 0.5) is 4.39 Å². The molecule has 4 nitrogen and oxygen atoms in total. The average molecular weight is 326 g/mol. The molecule has 1 heterocycles. The highest BCUT2D eigenvalue weighted by Crippen LogP contribution is 2.31. The summed E-state index contributed by atoms with van der Waals surface area (Å²) in [4.78, 5) is 20.4. The van der Waals surface area contributed by atoms with E-state index in [0.717, 1.165) is 27.7 Å². The van der Waals surface area contributed by atoms with E-state index in [-0.39, 0.29) is 11.7 Å². The van der Waals surface area contributed by atoms with E-state index in [1.165, 1.54) is 24.3 Å². The van der Waals surface area contributed by atoms with E-state index in [0.29, 0.717) is 12.8 Å². The number of aryl methyl sites for hydroxylation is 1. The van der Waals surface area contributed by atoms with Crippen molar-refractivity contribution in [2.45, 2.75) is 12.8 Å². The Labute approximate surface area is 139 Å². The minimum atomic E-state index is -0.270. The van der Waals surface area contributed by atoms with E-state index in [9.17, 15) is 9.18 Å². The van der Waals surface area contributed by atoms with Crippen molar-refractivity contribution >= 4 is 16.8 Å². The van der Waals surface area contributed by atoms with E-state index >= 15 is 0 Å². The normalized spacial score (nSPS) is 11.0. The third kappa shape index (κ3) is 3.16. The smallest absolute Gasteiger partial charge is 0.246 e. The number of hydroxylamine groups is 2. The molecule has 0 saturated carbocycles. The number of rotatable bonds is 5. The van der Waals surface area contributed by atoms with Crippen LogP contribution in [0.15, 0.2) is 48.5 Å². The first kappa shape index (κ1) is 16.2. The number of fused-ring (bicyclic) bond motifs is 1. The minimum Gasteiger partial charge on any atom is -0.354 e. The molecule has 24 heavy (non-hydrogen) atoms. The van der Waals surface area contributed by atoms with Gasteiger partial charge in [0.2, 0.25) is 5.91 Å². The lowest BCUT2D eigenvalue weighted by atomic mass is 10.0. The van der Waals surface area contributed by atoms with Crippen LogP contribution >= 0.6 is 0 Å².